The minimum absolute atomic E-state index is 0.168. The number of amides is 4. The molecule has 0 aromatic rings. The molecule has 4 amide bonds. The lowest BCUT2D eigenvalue weighted by atomic mass is 9.99. The normalized spacial score (nSPS) is 29.4. The number of urea groups is 1. The third kappa shape index (κ3) is 1.86. The van der Waals surface area contributed by atoms with Crippen LogP contribution in [0.25, 0.3) is 0 Å². The second kappa shape index (κ2) is 3.99. The summed E-state index contributed by atoms with van der Waals surface area (Å²) in [5.74, 6) is -0.527. The van der Waals surface area contributed by atoms with Crippen LogP contribution in [0.15, 0.2) is 0 Å². The Morgan fingerprint density at radius 2 is 2.29 bits per heavy atom. The molecule has 7 nitrogen and oxygen atoms in total. The molecule has 2 aliphatic rings. The summed E-state index contributed by atoms with van der Waals surface area (Å²) in [5, 5.41) is 4.78. The van der Waals surface area contributed by atoms with Gasteiger partial charge in [-0.3, -0.25) is 14.9 Å². The molecule has 0 aromatic carbocycles. The zero-order valence-corrected chi connectivity index (χ0v) is 9.66. The van der Waals surface area contributed by atoms with Crippen LogP contribution in [-0.4, -0.2) is 47.4 Å². The average Bonchev–Trinajstić information content (AvgIpc) is 2.83. The van der Waals surface area contributed by atoms with Crippen molar-refractivity contribution in [2.45, 2.75) is 31.3 Å². The van der Waals surface area contributed by atoms with Crippen LogP contribution in [0.3, 0.4) is 0 Å². The van der Waals surface area contributed by atoms with Crippen molar-refractivity contribution in [3.05, 3.63) is 0 Å². The Morgan fingerprint density at radius 1 is 1.59 bits per heavy atom. The number of imide groups is 1. The van der Waals surface area contributed by atoms with E-state index in [1.807, 2.05) is 6.92 Å². The van der Waals surface area contributed by atoms with Crippen molar-refractivity contribution in [2.24, 2.45) is 5.73 Å². The highest BCUT2D eigenvalue weighted by Crippen LogP contribution is 2.25. The fraction of sp³-hybridized carbons (Fsp3) is 0.700. The molecule has 0 saturated carbocycles. The minimum Gasteiger partial charge on any atom is -0.338 e. The fourth-order valence-corrected chi connectivity index (χ4v) is 2.22. The average molecular weight is 240 g/mol. The molecule has 1 unspecified atom stereocenters. The lowest BCUT2D eigenvalue weighted by Crippen LogP contribution is -2.51. The largest absolute Gasteiger partial charge is 0.338 e. The number of hydrogen-bond acceptors (Lipinski definition) is 4. The fourth-order valence-electron chi connectivity index (χ4n) is 2.22. The van der Waals surface area contributed by atoms with Gasteiger partial charge in [-0.15, -0.1) is 0 Å². The second-order valence-corrected chi connectivity index (χ2v) is 4.51. The van der Waals surface area contributed by atoms with Crippen LogP contribution in [-0.2, 0) is 9.59 Å². The molecular weight excluding hydrogens is 224 g/mol. The number of nitrogens with one attached hydrogen (secondary N) is 2. The first-order chi connectivity index (χ1) is 7.98. The van der Waals surface area contributed by atoms with Gasteiger partial charge < -0.3 is 16.0 Å². The van der Waals surface area contributed by atoms with Crippen LogP contribution in [0.5, 0.6) is 0 Å². The van der Waals surface area contributed by atoms with Gasteiger partial charge in [0.1, 0.15) is 5.54 Å². The number of rotatable bonds is 2. The first kappa shape index (κ1) is 11.8. The smallest absolute Gasteiger partial charge is 0.322 e. The predicted molar refractivity (Wildman–Crippen MR) is 58.9 cm³/mol. The molecule has 2 heterocycles. The van der Waals surface area contributed by atoms with Crippen molar-refractivity contribution in [3.8, 4) is 0 Å². The number of nitrogens with two attached hydrogens (primary N) is 1. The van der Waals surface area contributed by atoms with E-state index in [4.69, 9.17) is 5.73 Å². The van der Waals surface area contributed by atoms with Crippen molar-refractivity contribution in [1.82, 2.24) is 15.5 Å². The van der Waals surface area contributed by atoms with E-state index in [1.165, 1.54) is 0 Å². The van der Waals surface area contributed by atoms with E-state index in [9.17, 15) is 14.4 Å². The standard InChI is InChI=1S/C10H16N4O3/c1-2-6(11)7(15)14-4-3-10(5-14)8(16)12-9(17)13-10/h6H,2-5,11H2,1H3,(H2,12,13,16,17)/t6-,10?/m0/s1. The summed E-state index contributed by atoms with van der Waals surface area (Å²) in [4.78, 5) is 36.2. The minimum atomic E-state index is -0.944. The van der Waals surface area contributed by atoms with Crippen LogP contribution < -0.4 is 16.4 Å². The first-order valence-electron chi connectivity index (χ1n) is 5.66. The first-order valence-corrected chi connectivity index (χ1v) is 5.66. The molecule has 2 fully saturated rings. The molecule has 17 heavy (non-hydrogen) atoms. The molecule has 0 aliphatic carbocycles. The van der Waals surface area contributed by atoms with Gasteiger partial charge in [0, 0.05) is 6.54 Å². The summed E-state index contributed by atoms with van der Waals surface area (Å²) in [5.41, 5.74) is 4.72. The predicted octanol–water partition coefficient (Wildman–Crippen LogP) is -1.47. The lowest BCUT2D eigenvalue weighted by Gasteiger charge is -2.22. The van der Waals surface area contributed by atoms with Gasteiger partial charge in [-0.25, -0.2) is 4.79 Å². The maximum atomic E-state index is 11.9. The molecule has 0 aromatic heterocycles. The SMILES string of the molecule is CC[C@H](N)C(=O)N1CCC2(C1)NC(=O)NC2=O. The lowest BCUT2D eigenvalue weighted by molar-refractivity contribution is -0.132. The Morgan fingerprint density at radius 3 is 2.82 bits per heavy atom. The molecule has 7 heteroatoms. The van der Waals surface area contributed by atoms with E-state index < -0.39 is 17.6 Å². The van der Waals surface area contributed by atoms with Gasteiger partial charge in [0.2, 0.25) is 5.91 Å². The van der Waals surface area contributed by atoms with Gasteiger partial charge >= 0.3 is 6.03 Å². The molecule has 0 radical (unpaired) electrons. The highest BCUT2D eigenvalue weighted by atomic mass is 16.2. The molecule has 2 aliphatic heterocycles. The zero-order chi connectivity index (χ0) is 12.6. The Hall–Kier alpha value is -1.63. The number of likely N-dealkylation sites (tertiary alicyclic amines) is 1. The van der Waals surface area contributed by atoms with Gasteiger partial charge in [-0.05, 0) is 12.8 Å². The monoisotopic (exact) mass is 240 g/mol. The summed E-state index contributed by atoms with van der Waals surface area (Å²) in [6.07, 6.45) is 0.994. The maximum absolute atomic E-state index is 11.9. The van der Waals surface area contributed by atoms with E-state index in [1.54, 1.807) is 4.90 Å². The second-order valence-electron chi connectivity index (χ2n) is 4.51. The van der Waals surface area contributed by atoms with Crippen molar-refractivity contribution in [2.75, 3.05) is 13.1 Å². The highest BCUT2D eigenvalue weighted by molar-refractivity contribution is 6.07. The van der Waals surface area contributed by atoms with Gasteiger partial charge in [-0.2, -0.15) is 0 Å². The van der Waals surface area contributed by atoms with E-state index >= 15 is 0 Å². The molecule has 2 saturated heterocycles. The third-order valence-electron chi connectivity index (χ3n) is 3.35. The third-order valence-corrected chi connectivity index (χ3v) is 3.35. The number of hydrogen-bond donors (Lipinski definition) is 3. The summed E-state index contributed by atoms with van der Waals surface area (Å²) < 4.78 is 0. The van der Waals surface area contributed by atoms with Crippen LogP contribution in [0.2, 0.25) is 0 Å². The molecular formula is C10H16N4O3. The Kier molecular flexibility index (Phi) is 2.78. The molecule has 94 valence electrons. The van der Waals surface area contributed by atoms with Crippen LogP contribution in [0.1, 0.15) is 19.8 Å². The Balaban J connectivity index is 2.07. The van der Waals surface area contributed by atoms with Crippen molar-refractivity contribution < 1.29 is 14.4 Å². The summed E-state index contributed by atoms with van der Waals surface area (Å²) in [6, 6.07) is -1.03. The Bertz CT molecular complexity index is 384. The van der Waals surface area contributed by atoms with Crippen molar-refractivity contribution in [1.29, 1.82) is 0 Å². The molecule has 1 spiro atoms. The molecule has 2 atom stereocenters. The summed E-state index contributed by atoms with van der Waals surface area (Å²) >= 11 is 0. The molecule has 2 rings (SSSR count). The van der Waals surface area contributed by atoms with E-state index in [-0.39, 0.29) is 18.4 Å². The van der Waals surface area contributed by atoms with Crippen LogP contribution >= 0.6 is 0 Å². The van der Waals surface area contributed by atoms with Gasteiger partial charge in [0.25, 0.3) is 5.91 Å². The number of carbonyl (C=O) groups is 3. The van der Waals surface area contributed by atoms with E-state index in [0.717, 1.165) is 0 Å². The number of carbonyl (C=O) groups excluding carboxylic acids is 3. The quantitative estimate of drug-likeness (QED) is 0.513. The van der Waals surface area contributed by atoms with Gasteiger partial charge in [-0.1, -0.05) is 6.92 Å². The topological polar surface area (TPSA) is 105 Å². The Labute approximate surface area is 98.7 Å². The number of nitrogens with zero attached hydrogens (tertiary/aromatic N) is 1. The molecule has 4 N–H and O–H groups in total. The van der Waals surface area contributed by atoms with Gasteiger partial charge in [0.15, 0.2) is 0 Å². The summed E-state index contributed by atoms with van der Waals surface area (Å²) in [7, 11) is 0. The van der Waals surface area contributed by atoms with Crippen LogP contribution in [0, 0.1) is 0 Å². The van der Waals surface area contributed by atoms with Crippen molar-refractivity contribution >= 4 is 17.8 Å². The van der Waals surface area contributed by atoms with Crippen molar-refractivity contribution in [3.63, 3.8) is 0 Å². The molecule has 0 bridgehead atoms. The maximum Gasteiger partial charge on any atom is 0.322 e. The van der Waals surface area contributed by atoms with Gasteiger partial charge in [0.05, 0.1) is 12.6 Å². The van der Waals surface area contributed by atoms with Crippen LogP contribution in [0.4, 0.5) is 4.79 Å². The van der Waals surface area contributed by atoms with E-state index in [0.29, 0.717) is 19.4 Å². The highest BCUT2D eigenvalue weighted by Gasteiger charge is 2.51. The zero-order valence-electron chi connectivity index (χ0n) is 9.66. The van der Waals surface area contributed by atoms with E-state index in [2.05, 4.69) is 10.6 Å². The summed E-state index contributed by atoms with van der Waals surface area (Å²) in [6.45, 7) is 2.48.